The van der Waals surface area contributed by atoms with Crippen LogP contribution in [0.4, 0.5) is 0 Å². The first-order valence-electron chi connectivity index (χ1n) is 12.1. The summed E-state index contributed by atoms with van der Waals surface area (Å²) in [5, 5.41) is 9.90. The molecule has 0 bridgehead atoms. The Morgan fingerprint density at radius 3 is 2.58 bits per heavy atom. The maximum absolute atomic E-state index is 12.4. The maximum Gasteiger partial charge on any atom is 0.251 e. The number of aliphatic imine (C=N–C) groups is 1. The molecule has 0 atom stereocenters. The predicted molar refractivity (Wildman–Crippen MR) is 148 cm³/mol. The molecule has 0 saturated heterocycles. The van der Waals surface area contributed by atoms with Gasteiger partial charge in [-0.05, 0) is 70.3 Å². The zero-order chi connectivity index (χ0) is 23.2. The van der Waals surface area contributed by atoms with Gasteiger partial charge in [0, 0.05) is 45.0 Å². The fourth-order valence-corrected chi connectivity index (χ4v) is 4.16. The monoisotopic (exact) mass is 573 g/mol. The first-order valence-corrected chi connectivity index (χ1v) is 12.1. The number of carbonyl (C=O) groups excluding carboxylic acids is 1. The van der Waals surface area contributed by atoms with Crippen LogP contribution in [0.2, 0.25) is 0 Å². The Hall–Kier alpha value is -1.39. The topological polar surface area (TPSA) is 78.0 Å². The molecule has 0 aliphatic heterocycles. The van der Waals surface area contributed by atoms with Crippen molar-refractivity contribution in [2.45, 2.75) is 52.5 Å². The minimum absolute atomic E-state index is 0. The van der Waals surface area contributed by atoms with Crippen LogP contribution >= 0.6 is 24.0 Å². The molecule has 7 nitrogen and oxygen atoms in total. The molecule has 1 saturated carbocycles. The van der Waals surface area contributed by atoms with E-state index in [0.29, 0.717) is 24.1 Å². The quantitative estimate of drug-likeness (QED) is 0.146. The van der Waals surface area contributed by atoms with Gasteiger partial charge in [-0.3, -0.25) is 4.79 Å². The van der Waals surface area contributed by atoms with Crippen LogP contribution in [0.5, 0.6) is 0 Å². The minimum Gasteiger partial charge on any atom is -0.382 e. The Morgan fingerprint density at radius 1 is 1.15 bits per heavy atom. The number of guanidine groups is 1. The molecule has 1 amide bonds. The van der Waals surface area contributed by atoms with Crippen LogP contribution in [0.3, 0.4) is 0 Å². The van der Waals surface area contributed by atoms with Gasteiger partial charge in [-0.1, -0.05) is 25.0 Å². The highest BCUT2D eigenvalue weighted by molar-refractivity contribution is 14.0. The van der Waals surface area contributed by atoms with E-state index in [1.54, 1.807) is 0 Å². The van der Waals surface area contributed by atoms with Crippen molar-refractivity contribution < 1.29 is 9.53 Å². The van der Waals surface area contributed by atoms with Gasteiger partial charge >= 0.3 is 0 Å². The SMILES string of the molecule is CCNC(=NCc1cccc(C(=O)NCCN(C)C)c1)NCC1(CCOCC)CCCC1.I. The molecule has 3 N–H and O–H groups in total. The molecule has 8 heteroatoms. The van der Waals surface area contributed by atoms with Crippen LogP contribution in [0.1, 0.15) is 61.9 Å². The Balaban J connectivity index is 0.00000544. The summed E-state index contributed by atoms with van der Waals surface area (Å²) in [4.78, 5) is 19.2. The number of hydrogen-bond donors (Lipinski definition) is 3. The van der Waals surface area contributed by atoms with Gasteiger partial charge in [0.2, 0.25) is 0 Å². The molecule has 0 radical (unpaired) electrons. The van der Waals surface area contributed by atoms with Crippen molar-refractivity contribution in [3.05, 3.63) is 35.4 Å². The lowest BCUT2D eigenvalue weighted by Gasteiger charge is -2.30. The highest BCUT2D eigenvalue weighted by Crippen LogP contribution is 2.40. The van der Waals surface area contributed by atoms with Gasteiger partial charge in [0.1, 0.15) is 0 Å². The lowest BCUT2D eigenvalue weighted by Crippen LogP contribution is -2.43. The predicted octanol–water partition coefficient (Wildman–Crippen LogP) is 3.64. The van der Waals surface area contributed by atoms with E-state index in [-0.39, 0.29) is 29.9 Å². The van der Waals surface area contributed by atoms with Crippen LogP contribution in [0, 0.1) is 5.41 Å². The average molecular weight is 574 g/mol. The van der Waals surface area contributed by atoms with E-state index in [0.717, 1.165) is 50.8 Å². The van der Waals surface area contributed by atoms with E-state index in [1.165, 1.54) is 25.7 Å². The van der Waals surface area contributed by atoms with Gasteiger partial charge in [0.25, 0.3) is 5.91 Å². The summed E-state index contributed by atoms with van der Waals surface area (Å²) in [5.41, 5.74) is 2.00. The van der Waals surface area contributed by atoms with Gasteiger partial charge in [0.15, 0.2) is 5.96 Å². The second-order valence-electron chi connectivity index (χ2n) is 8.96. The summed E-state index contributed by atoms with van der Waals surface area (Å²) >= 11 is 0. The number of nitrogens with zero attached hydrogens (tertiary/aromatic N) is 2. The standard InChI is InChI=1S/C25H43N5O2.HI/c1-5-26-24(29-20-25(12-7-8-13-25)14-17-32-6-2)28-19-21-10-9-11-22(18-21)23(31)27-15-16-30(3)4;/h9-11,18H,5-8,12-17,19-20H2,1-4H3,(H,27,31)(H2,26,28,29);1H. The molecule has 2 rings (SSSR count). The third-order valence-corrected chi connectivity index (χ3v) is 6.07. The van der Waals surface area contributed by atoms with Gasteiger partial charge in [0.05, 0.1) is 6.54 Å². The van der Waals surface area contributed by atoms with E-state index in [2.05, 4.69) is 29.8 Å². The zero-order valence-electron chi connectivity index (χ0n) is 20.9. The van der Waals surface area contributed by atoms with Gasteiger partial charge in [-0.15, -0.1) is 24.0 Å². The minimum atomic E-state index is -0.0415. The van der Waals surface area contributed by atoms with Crippen LogP contribution in [-0.2, 0) is 11.3 Å². The lowest BCUT2D eigenvalue weighted by molar-refractivity contribution is 0.0951. The number of benzene rings is 1. The van der Waals surface area contributed by atoms with Crippen molar-refractivity contribution in [2.75, 3.05) is 53.5 Å². The Kier molecular flexibility index (Phi) is 14.6. The van der Waals surface area contributed by atoms with Gasteiger partial charge in [-0.25, -0.2) is 4.99 Å². The maximum atomic E-state index is 12.4. The van der Waals surface area contributed by atoms with Crippen molar-refractivity contribution in [3.63, 3.8) is 0 Å². The number of likely N-dealkylation sites (N-methyl/N-ethyl adjacent to an activating group) is 1. The molecule has 33 heavy (non-hydrogen) atoms. The van der Waals surface area contributed by atoms with E-state index >= 15 is 0 Å². The summed E-state index contributed by atoms with van der Waals surface area (Å²) in [7, 11) is 3.99. The summed E-state index contributed by atoms with van der Waals surface area (Å²) in [5.74, 6) is 0.788. The van der Waals surface area contributed by atoms with Gasteiger partial charge < -0.3 is 25.6 Å². The molecule has 1 aromatic carbocycles. The van der Waals surface area contributed by atoms with Crippen LogP contribution < -0.4 is 16.0 Å². The fourth-order valence-electron chi connectivity index (χ4n) is 4.16. The molecular formula is C25H44IN5O2. The van der Waals surface area contributed by atoms with Gasteiger partial charge in [-0.2, -0.15) is 0 Å². The van der Waals surface area contributed by atoms with Crippen molar-refractivity contribution in [1.82, 2.24) is 20.9 Å². The largest absolute Gasteiger partial charge is 0.382 e. The molecule has 1 aliphatic carbocycles. The Morgan fingerprint density at radius 2 is 1.91 bits per heavy atom. The number of amides is 1. The number of nitrogens with one attached hydrogen (secondary N) is 3. The van der Waals surface area contributed by atoms with Crippen molar-refractivity contribution in [2.24, 2.45) is 10.4 Å². The molecule has 0 unspecified atom stereocenters. The zero-order valence-corrected chi connectivity index (χ0v) is 23.2. The van der Waals surface area contributed by atoms with E-state index in [4.69, 9.17) is 9.73 Å². The second-order valence-corrected chi connectivity index (χ2v) is 8.96. The number of rotatable bonds is 13. The molecule has 1 aromatic rings. The fraction of sp³-hybridized carbons (Fsp3) is 0.680. The summed E-state index contributed by atoms with van der Waals surface area (Å²) in [6, 6.07) is 7.72. The normalized spacial score (nSPS) is 15.2. The number of ether oxygens (including phenoxy) is 1. The van der Waals surface area contributed by atoms with E-state index in [9.17, 15) is 4.79 Å². The lowest BCUT2D eigenvalue weighted by atomic mass is 9.83. The second kappa shape index (κ2) is 16.3. The number of hydrogen-bond acceptors (Lipinski definition) is 4. The molecule has 1 fully saturated rings. The average Bonchev–Trinajstić information content (AvgIpc) is 3.25. The van der Waals surface area contributed by atoms with E-state index < -0.39 is 0 Å². The van der Waals surface area contributed by atoms with Crippen LogP contribution in [0.25, 0.3) is 0 Å². The third-order valence-electron chi connectivity index (χ3n) is 6.07. The Bertz CT molecular complexity index is 721. The molecular weight excluding hydrogens is 529 g/mol. The highest BCUT2D eigenvalue weighted by atomic mass is 127. The first-order chi connectivity index (χ1) is 15.5. The van der Waals surface area contributed by atoms with E-state index in [1.807, 2.05) is 43.3 Å². The summed E-state index contributed by atoms with van der Waals surface area (Å²) < 4.78 is 5.64. The van der Waals surface area contributed by atoms with Crippen molar-refractivity contribution in [3.8, 4) is 0 Å². The molecule has 0 spiro atoms. The first kappa shape index (κ1) is 29.6. The number of carbonyl (C=O) groups is 1. The van der Waals surface area contributed by atoms with Crippen LogP contribution in [0.15, 0.2) is 29.3 Å². The Labute approximate surface area is 217 Å². The smallest absolute Gasteiger partial charge is 0.251 e. The highest BCUT2D eigenvalue weighted by Gasteiger charge is 2.33. The summed E-state index contributed by atoms with van der Waals surface area (Å²) in [6.07, 6.45) is 6.18. The third kappa shape index (κ3) is 11.1. The number of halogens is 1. The van der Waals surface area contributed by atoms with Crippen LogP contribution in [-0.4, -0.2) is 70.3 Å². The molecule has 1 aliphatic rings. The van der Waals surface area contributed by atoms with Crippen molar-refractivity contribution in [1.29, 1.82) is 0 Å². The van der Waals surface area contributed by atoms with Crippen molar-refractivity contribution >= 4 is 35.8 Å². The summed E-state index contributed by atoms with van der Waals surface area (Å²) in [6.45, 7) is 9.45. The molecule has 0 heterocycles. The molecule has 188 valence electrons. The molecule has 0 aromatic heterocycles.